The lowest BCUT2D eigenvalue weighted by Gasteiger charge is -2.00. The highest BCUT2D eigenvalue weighted by atomic mass is 32.2. The van der Waals surface area contributed by atoms with Crippen LogP contribution in [0.2, 0.25) is 0 Å². The van der Waals surface area contributed by atoms with Gasteiger partial charge in [0, 0.05) is 10.5 Å². The summed E-state index contributed by atoms with van der Waals surface area (Å²) in [6.45, 7) is 0. The van der Waals surface area contributed by atoms with E-state index in [2.05, 4.69) is 15.5 Å². The highest BCUT2D eigenvalue weighted by Gasteiger charge is 2.12. The quantitative estimate of drug-likeness (QED) is 0.722. The number of nitrogens with one attached hydrogen (secondary N) is 1. The Morgan fingerprint density at radius 1 is 1.13 bits per heavy atom. The first kappa shape index (κ1) is 15.2. The number of carbonyl (C=O) groups excluding carboxylic acids is 1. The van der Waals surface area contributed by atoms with Crippen molar-refractivity contribution in [2.45, 2.75) is 10.6 Å². The maximum atomic E-state index is 13.1. The monoisotopic (exact) mass is 329 g/mol. The second kappa shape index (κ2) is 7.06. The molecule has 1 amide bonds. The molecule has 23 heavy (non-hydrogen) atoms. The Morgan fingerprint density at radius 2 is 1.96 bits per heavy atom. The third kappa shape index (κ3) is 4.17. The van der Waals surface area contributed by atoms with Crippen LogP contribution in [-0.2, 0) is 5.75 Å². The lowest BCUT2D eigenvalue weighted by molar-refractivity contribution is 0.102. The summed E-state index contributed by atoms with van der Waals surface area (Å²) in [5.41, 5.74) is 0.184. The van der Waals surface area contributed by atoms with Crippen LogP contribution in [-0.4, -0.2) is 16.1 Å². The molecule has 0 saturated carbocycles. The fraction of sp³-hybridized carbons (Fsp3) is 0.0625. The average Bonchev–Trinajstić information content (AvgIpc) is 3.01. The number of nitrogens with zero attached hydrogens (tertiary/aromatic N) is 2. The fourth-order valence-electron chi connectivity index (χ4n) is 1.82. The van der Waals surface area contributed by atoms with E-state index in [0.717, 1.165) is 11.0 Å². The van der Waals surface area contributed by atoms with Gasteiger partial charge in [0.05, 0.1) is 5.75 Å². The standard InChI is InChI=1S/C16H12FN3O2S/c17-12-6-4-5-11(9-12)15(21)18-16-20-19-14(22-16)10-23-13-7-2-1-3-8-13/h1-9H,10H2,(H,18,20,21). The largest absolute Gasteiger partial charge is 0.407 e. The third-order valence-electron chi connectivity index (χ3n) is 2.88. The van der Waals surface area contributed by atoms with Gasteiger partial charge in [-0.3, -0.25) is 10.1 Å². The normalized spacial score (nSPS) is 10.5. The molecule has 1 aromatic heterocycles. The Morgan fingerprint density at radius 3 is 2.74 bits per heavy atom. The summed E-state index contributed by atoms with van der Waals surface area (Å²) in [6, 6.07) is 15.1. The minimum absolute atomic E-state index is 0.0112. The van der Waals surface area contributed by atoms with E-state index in [0.29, 0.717) is 11.6 Å². The van der Waals surface area contributed by atoms with Crippen molar-refractivity contribution >= 4 is 23.7 Å². The second-order valence-corrected chi connectivity index (χ2v) is 5.62. The zero-order valence-electron chi connectivity index (χ0n) is 11.9. The van der Waals surface area contributed by atoms with Crippen LogP contribution in [0.5, 0.6) is 0 Å². The first-order chi connectivity index (χ1) is 11.2. The van der Waals surface area contributed by atoms with Gasteiger partial charge >= 0.3 is 6.01 Å². The summed E-state index contributed by atoms with van der Waals surface area (Å²) in [7, 11) is 0. The van der Waals surface area contributed by atoms with Crippen LogP contribution >= 0.6 is 11.8 Å². The molecule has 0 aliphatic carbocycles. The molecule has 0 spiro atoms. The second-order valence-electron chi connectivity index (χ2n) is 4.57. The van der Waals surface area contributed by atoms with Crippen LogP contribution in [0.25, 0.3) is 0 Å². The molecular weight excluding hydrogens is 317 g/mol. The van der Waals surface area contributed by atoms with Gasteiger partial charge in [-0.15, -0.1) is 16.9 Å². The molecule has 1 N–H and O–H groups in total. The number of aromatic nitrogens is 2. The molecular formula is C16H12FN3O2S. The third-order valence-corrected chi connectivity index (χ3v) is 3.88. The molecule has 1 heterocycles. The fourth-order valence-corrected chi connectivity index (χ4v) is 2.58. The van der Waals surface area contributed by atoms with Crippen LogP contribution < -0.4 is 5.32 Å². The van der Waals surface area contributed by atoms with E-state index in [1.54, 1.807) is 11.8 Å². The topological polar surface area (TPSA) is 68.0 Å². The zero-order valence-corrected chi connectivity index (χ0v) is 12.7. The Labute approximate surface area is 135 Å². The predicted molar refractivity (Wildman–Crippen MR) is 84.7 cm³/mol. The molecule has 0 unspecified atom stereocenters. The molecule has 0 fully saturated rings. The predicted octanol–water partition coefficient (Wildman–Crippen LogP) is 3.75. The van der Waals surface area contributed by atoms with Crippen LogP contribution in [0, 0.1) is 5.82 Å². The molecule has 116 valence electrons. The lowest BCUT2D eigenvalue weighted by Crippen LogP contribution is -2.12. The maximum Gasteiger partial charge on any atom is 0.322 e. The van der Waals surface area contributed by atoms with Crippen molar-refractivity contribution in [1.29, 1.82) is 0 Å². The van der Waals surface area contributed by atoms with E-state index in [4.69, 9.17) is 4.42 Å². The summed E-state index contributed by atoms with van der Waals surface area (Å²) in [5.74, 6) is -0.0979. The molecule has 0 atom stereocenters. The Bertz CT molecular complexity index is 808. The minimum atomic E-state index is -0.504. The molecule has 3 rings (SSSR count). The van der Waals surface area contributed by atoms with E-state index in [9.17, 15) is 9.18 Å². The lowest BCUT2D eigenvalue weighted by atomic mass is 10.2. The molecule has 3 aromatic rings. The average molecular weight is 329 g/mol. The number of hydrogen-bond acceptors (Lipinski definition) is 5. The number of amides is 1. The van der Waals surface area contributed by atoms with Crippen LogP contribution in [0.3, 0.4) is 0 Å². The van der Waals surface area contributed by atoms with Crippen LogP contribution in [0.1, 0.15) is 16.2 Å². The van der Waals surface area contributed by atoms with E-state index in [1.807, 2.05) is 30.3 Å². The summed E-state index contributed by atoms with van der Waals surface area (Å²) in [6.07, 6.45) is 0. The molecule has 0 saturated heterocycles. The molecule has 0 aliphatic rings. The highest BCUT2D eigenvalue weighted by Crippen LogP contribution is 2.22. The van der Waals surface area contributed by atoms with Gasteiger partial charge in [-0.25, -0.2) is 4.39 Å². The van der Waals surface area contributed by atoms with E-state index < -0.39 is 11.7 Å². The number of benzene rings is 2. The first-order valence-electron chi connectivity index (χ1n) is 6.78. The van der Waals surface area contributed by atoms with Crippen LogP contribution in [0.4, 0.5) is 10.4 Å². The van der Waals surface area contributed by atoms with Crippen molar-refractivity contribution in [2.24, 2.45) is 0 Å². The van der Waals surface area contributed by atoms with E-state index in [1.165, 1.54) is 18.2 Å². The van der Waals surface area contributed by atoms with Crippen molar-refractivity contribution in [3.63, 3.8) is 0 Å². The number of carbonyl (C=O) groups is 1. The number of halogens is 1. The summed E-state index contributed by atoms with van der Waals surface area (Å²) in [5, 5.41) is 10.1. The molecule has 7 heteroatoms. The zero-order chi connectivity index (χ0) is 16.1. The molecule has 2 aromatic carbocycles. The first-order valence-corrected chi connectivity index (χ1v) is 7.76. The Kier molecular flexibility index (Phi) is 4.68. The van der Waals surface area contributed by atoms with Gasteiger partial charge in [0.15, 0.2) is 0 Å². The van der Waals surface area contributed by atoms with Crippen molar-refractivity contribution < 1.29 is 13.6 Å². The molecule has 0 bridgehead atoms. The molecule has 0 radical (unpaired) electrons. The number of hydrogen-bond donors (Lipinski definition) is 1. The van der Waals surface area contributed by atoms with E-state index >= 15 is 0 Å². The van der Waals surface area contributed by atoms with Gasteiger partial charge in [0.25, 0.3) is 5.91 Å². The van der Waals surface area contributed by atoms with Gasteiger partial charge in [-0.1, -0.05) is 29.4 Å². The highest BCUT2D eigenvalue weighted by molar-refractivity contribution is 7.98. The number of rotatable bonds is 5. The van der Waals surface area contributed by atoms with E-state index in [-0.39, 0.29) is 11.6 Å². The van der Waals surface area contributed by atoms with Crippen molar-refractivity contribution in [1.82, 2.24) is 10.2 Å². The maximum absolute atomic E-state index is 13.1. The van der Waals surface area contributed by atoms with Gasteiger partial charge in [-0.2, -0.15) is 0 Å². The van der Waals surface area contributed by atoms with Gasteiger partial charge in [-0.05, 0) is 30.3 Å². The number of anilines is 1. The Hall–Kier alpha value is -2.67. The van der Waals surface area contributed by atoms with Gasteiger partial charge < -0.3 is 4.42 Å². The smallest absolute Gasteiger partial charge is 0.322 e. The summed E-state index contributed by atoms with van der Waals surface area (Å²) in [4.78, 5) is 13.0. The Balaban J connectivity index is 1.60. The summed E-state index contributed by atoms with van der Waals surface area (Å²) < 4.78 is 18.5. The summed E-state index contributed by atoms with van der Waals surface area (Å²) >= 11 is 1.55. The van der Waals surface area contributed by atoms with Gasteiger partial charge in [0.1, 0.15) is 5.82 Å². The molecule has 5 nitrogen and oxygen atoms in total. The van der Waals surface area contributed by atoms with Crippen molar-refractivity contribution in [2.75, 3.05) is 5.32 Å². The minimum Gasteiger partial charge on any atom is -0.407 e. The SMILES string of the molecule is O=C(Nc1nnc(CSc2ccccc2)o1)c1cccc(F)c1. The number of thioether (sulfide) groups is 1. The van der Waals surface area contributed by atoms with Crippen molar-refractivity contribution in [3.05, 3.63) is 71.9 Å². The van der Waals surface area contributed by atoms with Crippen molar-refractivity contribution in [3.8, 4) is 0 Å². The van der Waals surface area contributed by atoms with Crippen LogP contribution in [0.15, 0.2) is 63.9 Å². The molecule has 0 aliphatic heterocycles. The van der Waals surface area contributed by atoms with Gasteiger partial charge in [0.2, 0.25) is 5.89 Å².